The summed E-state index contributed by atoms with van der Waals surface area (Å²) in [4.78, 5) is 21.4. The van der Waals surface area contributed by atoms with Gasteiger partial charge >= 0.3 is 5.97 Å². The molecule has 0 saturated heterocycles. The van der Waals surface area contributed by atoms with E-state index in [4.69, 9.17) is 15.6 Å². The van der Waals surface area contributed by atoms with E-state index in [2.05, 4.69) is 0 Å². The van der Waals surface area contributed by atoms with Crippen molar-refractivity contribution in [1.82, 2.24) is 0 Å². The number of aldehydes is 1. The Morgan fingerprint density at radius 2 is 2.06 bits per heavy atom. The maximum Gasteiger partial charge on any atom is 0.326 e. The smallest absolute Gasteiger partial charge is 0.326 e. The monoisotopic (exact) mass is 223 g/mol. The zero-order chi connectivity index (χ0) is 12.0. The van der Waals surface area contributed by atoms with Crippen LogP contribution < -0.4 is 5.73 Å². The lowest BCUT2D eigenvalue weighted by atomic mass is 10.2. The van der Waals surface area contributed by atoms with Gasteiger partial charge in [-0.25, -0.2) is 0 Å². The van der Waals surface area contributed by atoms with Crippen LogP contribution in [-0.4, -0.2) is 29.5 Å². The molecule has 2 atom stereocenters. The van der Waals surface area contributed by atoms with E-state index in [1.807, 2.05) is 18.2 Å². The predicted octanol–water partition coefficient (Wildman–Crippen LogP) is -0.383. The summed E-state index contributed by atoms with van der Waals surface area (Å²) < 4.78 is 4.83. The second-order valence-electron chi connectivity index (χ2n) is 3.25. The molecule has 0 spiro atoms. The lowest BCUT2D eigenvalue weighted by molar-refractivity contribution is -0.150. The van der Waals surface area contributed by atoms with Gasteiger partial charge in [0, 0.05) is 0 Å². The number of carbonyl (C=O) groups is 2. The van der Waals surface area contributed by atoms with Crippen LogP contribution in [-0.2, 0) is 20.9 Å². The lowest BCUT2D eigenvalue weighted by Gasteiger charge is -2.12. The van der Waals surface area contributed by atoms with Gasteiger partial charge in [-0.15, -0.1) is 0 Å². The third-order valence-electron chi connectivity index (χ3n) is 2.00. The Morgan fingerprint density at radius 3 is 2.62 bits per heavy atom. The van der Waals surface area contributed by atoms with Gasteiger partial charge in [-0.3, -0.25) is 4.79 Å². The van der Waals surface area contributed by atoms with Gasteiger partial charge in [-0.2, -0.15) is 0 Å². The van der Waals surface area contributed by atoms with Crippen molar-refractivity contribution in [3.63, 3.8) is 0 Å². The van der Waals surface area contributed by atoms with Crippen molar-refractivity contribution < 1.29 is 19.4 Å². The summed E-state index contributed by atoms with van der Waals surface area (Å²) in [5.74, 6) is -0.802. The highest BCUT2D eigenvalue weighted by atomic mass is 16.5. The first-order chi connectivity index (χ1) is 7.65. The van der Waals surface area contributed by atoms with E-state index in [0.29, 0.717) is 0 Å². The Bertz CT molecular complexity index is 352. The SMILES string of the molecule is N[C@H](C(=O)OCc1ccccc1)C(O)C=O. The van der Waals surface area contributed by atoms with Crippen LogP contribution in [0, 0.1) is 0 Å². The van der Waals surface area contributed by atoms with Gasteiger partial charge in [-0.1, -0.05) is 30.3 Å². The number of benzene rings is 1. The van der Waals surface area contributed by atoms with Crippen molar-refractivity contribution in [3.8, 4) is 0 Å². The molecule has 0 fully saturated rings. The molecule has 0 radical (unpaired) electrons. The first-order valence-corrected chi connectivity index (χ1v) is 4.74. The molecule has 86 valence electrons. The van der Waals surface area contributed by atoms with Gasteiger partial charge in [0.15, 0.2) is 6.29 Å². The first-order valence-electron chi connectivity index (χ1n) is 4.74. The first kappa shape index (κ1) is 12.4. The van der Waals surface area contributed by atoms with E-state index < -0.39 is 18.1 Å². The normalized spacial score (nSPS) is 13.9. The number of aliphatic hydroxyl groups is 1. The van der Waals surface area contributed by atoms with Crippen molar-refractivity contribution in [1.29, 1.82) is 0 Å². The van der Waals surface area contributed by atoms with E-state index >= 15 is 0 Å². The average molecular weight is 223 g/mol. The van der Waals surface area contributed by atoms with Crippen molar-refractivity contribution in [2.75, 3.05) is 0 Å². The molecule has 0 aliphatic heterocycles. The second kappa shape index (κ2) is 5.99. The molecule has 5 nitrogen and oxygen atoms in total. The van der Waals surface area contributed by atoms with Crippen LogP contribution in [0.1, 0.15) is 5.56 Å². The number of esters is 1. The number of carbonyl (C=O) groups excluding carboxylic acids is 2. The topological polar surface area (TPSA) is 89.6 Å². The fraction of sp³-hybridized carbons (Fsp3) is 0.273. The van der Waals surface area contributed by atoms with Crippen molar-refractivity contribution >= 4 is 12.3 Å². The van der Waals surface area contributed by atoms with E-state index in [1.54, 1.807) is 12.1 Å². The molecule has 0 aromatic heterocycles. The Balaban J connectivity index is 2.44. The summed E-state index contributed by atoms with van der Waals surface area (Å²) >= 11 is 0. The maximum atomic E-state index is 11.3. The molecular weight excluding hydrogens is 210 g/mol. The van der Waals surface area contributed by atoms with Gasteiger partial charge < -0.3 is 20.4 Å². The number of hydrogen-bond donors (Lipinski definition) is 2. The molecule has 0 saturated carbocycles. The number of rotatable bonds is 5. The van der Waals surface area contributed by atoms with Crippen molar-refractivity contribution in [3.05, 3.63) is 35.9 Å². The van der Waals surface area contributed by atoms with Crippen molar-refractivity contribution in [2.45, 2.75) is 18.8 Å². The highest BCUT2D eigenvalue weighted by Crippen LogP contribution is 2.02. The minimum absolute atomic E-state index is 0.0684. The minimum Gasteiger partial charge on any atom is -0.460 e. The summed E-state index contributed by atoms with van der Waals surface area (Å²) in [7, 11) is 0. The summed E-state index contributed by atoms with van der Waals surface area (Å²) in [5, 5.41) is 9.00. The lowest BCUT2D eigenvalue weighted by Crippen LogP contribution is -2.43. The largest absolute Gasteiger partial charge is 0.460 e. The van der Waals surface area contributed by atoms with Crippen LogP contribution in [0.5, 0.6) is 0 Å². The number of nitrogens with two attached hydrogens (primary N) is 1. The molecule has 0 aliphatic rings. The maximum absolute atomic E-state index is 11.3. The molecule has 3 N–H and O–H groups in total. The number of aliphatic hydroxyl groups excluding tert-OH is 1. The van der Waals surface area contributed by atoms with Gasteiger partial charge in [0.05, 0.1) is 0 Å². The second-order valence-corrected chi connectivity index (χ2v) is 3.25. The fourth-order valence-corrected chi connectivity index (χ4v) is 1.05. The molecule has 5 heteroatoms. The summed E-state index contributed by atoms with van der Waals surface area (Å²) in [6, 6.07) is 7.70. The zero-order valence-electron chi connectivity index (χ0n) is 8.58. The van der Waals surface area contributed by atoms with Crippen LogP contribution >= 0.6 is 0 Å². The molecule has 16 heavy (non-hydrogen) atoms. The molecule has 1 aromatic carbocycles. The van der Waals surface area contributed by atoms with Gasteiger partial charge in [0.2, 0.25) is 0 Å². The third-order valence-corrected chi connectivity index (χ3v) is 2.00. The summed E-state index contributed by atoms with van der Waals surface area (Å²) in [6.45, 7) is 0.0684. The third kappa shape index (κ3) is 3.45. The molecule has 0 heterocycles. The van der Waals surface area contributed by atoms with Crippen LogP contribution in [0.4, 0.5) is 0 Å². The Hall–Kier alpha value is -1.72. The molecule has 1 unspecified atom stereocenters. The average Bonchev–Trinajstić information content (AvgIpc) is 2.35. The molecule has 0 amide bonds. The van der Waals surface area contributed by atoms with Crippen LogP contribution in [0.2, 0.25) is 0 Å². The summed E-state index contributed by atoms with van der Waals surface area (Å²) in [5.41, 5.74) is 6.09. The Labute approximate surface area is 92.8 Å². The zero-order valence-corrected chi connectivity index (χ0v) is 8.58. The summed E-state index contributed by atoms with van der Waals surface area (Å²) in [6.07, 6.45) is -1.32. The quantitative estimate of drug-likeness (QED) is 0.524. The minimum atomic E-state index is -1.52. The molecule has 1 aromatic rings. The standard InChI is InChI=1S/C11H13NO4/c12-10(9(14)6-13)11(15)16-7-8-4-2-1-3-5-8/h1-6,9-10,14H,7,12H2/t9?,10-/m0/s1. The highest BCUT2D eigenvalue weighted by Gasteiger charge is 2.23. The predicted molar refractivity (Wildman–Crippen MR) is 56.3 cm³/mol. The van der Waals surface area contributed by atoms with E-state index in [9.17, 15) is 9.59 Å². The van der Waals surface area contributed by atoms with E-state index in [0.717, 1.165) is 5.56 Å². The van der Waals surface area contributed by atoms with Crippen LogP contribution in [0.25, 0.3) is 0 Å². The number of ether oxygens (including phenoxy) is 1. The molecule has 1 rings (SSSR count). The fourth-order valence-electron chi connectivity index (χ4n) is 1.05. The van der Waals surface area contributed by atoms with Gasteiger partial charge in [0.25, 0.3) is 0 Å². The highest BCUT2D eigenvalue weighted by molar-refractivity contribution is 5.80. The van der Waals surface area contributed by atoms with Crippen molar-refractivity contribution in [2.24, 2.45) is 5.73 Å². The Kier molecular flexibility index (Phi) is 4.63. The number of hydrogen-bond acceptors (Lipinski definition) is 5. The molecule has 0 bridgehead atoms. The van der Waals surface area contributed by atoms with E-state index in [1.165, 1.54) is 0 Å². The van der Waals surface area contributed by atoms with Crippen LogP contribution in [0.3, 0.4) is 0 Å². The molecular formula is C11H13NO4. The van der Waals surface area contributed by atoms with Gasteiger partial charge in [-0.05, 0) is 5.56 Å². The Morgan fingerprint density at radius 1 is 1.44 bits per heavy atom. The molecule has 0 aliphatic carbocycles. The van der Waals surface area contributed by atoms with E-state index in [-0.39, 0.29) is 12.9 Å². The van der Waals surface area contributed by atoms with Gasteiger partial charge in [0.1, 0.15) is 18.8 Å². The van der Waals surface area contributed by atoms with Crippen LogP contribution in [0.15, 0.2) is 30.3 Å².